The molecule has 0 saturated heterocycles. The smallest absolute Gasteiger partial charge is 0.306 e. The summed E-state index contributed by atoms with van der Waals surface area (Å²) in [6.45, 7) is 11.8. The molecule has 32 heavy (non-hydrogen) atoms. The lowest BCUT2D eigenvalue weighted by atomic mass is 9.76. The molecular formula is C25H32N4O3. The van der Waals surface area contributed by atoms with Gasteiger partial charge in [0.05, 0.1) is 6.61 Å². The predicted octanol–water partition coefficient (Wildman–Crippen LogP) is 4.94. The van der Waals surface area contributed by atoms with Gasteiger partial charge in [0.1, 0.15) is 0 Å². The highest BCUT2D eigenvalue weighted by atomic mass is 16.5. The quantitative estimate of drug-likeness (QED) is 0.488. The predicted molar refractivity (Wildman–Crippen MR) is 122 cm³/mol. The van der Waals surface area contributed by atoms with Crippen molar-refractivity contribution in [2.24, 2.45) is 5.41 Å². The molecule has 7 nitrogen and oxygen atoms in total. The number of nitrogens with zero attached hydrogens (tertiary/aromatic N) is 4. The fourth-order valence-corrected chi connectivity index (χ4v) is 4.46. The van der Waals surface area contributed by atoms with E-state index in [0.717, 1.165) is 48.2 Å². The van der Waals surface area contributed by atoms with Crippen molar-refractivity contribution in [3.8, 4) is 23.0 Å². The van der Waals surface area contributed by atoms with Gasteiger partial charge in [-0.2, -0.15) is 10.1 Å². The average molecular weight is 437 g/mol. The first-order valence-corrected chi connectivity index (χ1v) is 11.5. The highest BCUT2D eigenvalue weighted by Gasteiger charge is 2.32. The molecule has 2 heterocycles. The normalized spacial score (nSPS) is 14.9. The molecule has 0 N–H and O–H groups in total. The first-order chi connectivity index (χ1) is 15.3. The van der Waals surface area contributed by atoms with Crippen LogP contribution >= 0.6 is 0 Å². The second-order valence-corrected chi connectivity index (χ2v) is 9.30. The fraction of sp³-hybridized carbons (Fsp3) is 0.520. The van der Waals surface area contributed by atoms with Crippen LogP contribution in [0.5, 0.6) is 0 Å². The van der Waals surface area contributed by atoms with Gasteiger partial charge < -0.3 is 9.26 Å². The zero-order chi connectivity index (χ0) is 22.9. The number of hydrogen-bond donors (Lipinski definition) is 0. The van der Waals surface area contributed by atoms with Gasteiger partial charge in [-0.1, -0.05) is 31.1 Å². The first kappa shape index (κ1) is 22.2. The zero-order valence-corrected chi connectivity index (χ0v) is 19.7. The van der Waals surface area contributed by atoms with E-state index < -0.39 is 0 Å². The van der Waals surface area contributed by atoms with Crippen molar-refractivity contribution >= 4 is 5.97 Å². The summed E-state index contributed by atoms with van der Waals surface area (Å²) in [6.07, 6.45) is 4.14. The van der Waals surface area contributed by atoms with E-state index in [2.05, 4.69) is 35.6 Å². The van der Waals surface area contributed by atoms with Gasteiger partial charge in [-0.3, -0.25) is 9.48 Å². The molecule has 4 rings (SSSR count). The maximum atomic E-state index is 11.7. The van der Waals surface area contributed by atoms with Gasteiger partial charge in [0, 0.05) is 29.8 Å². The van der Waals surface area contributed by atoms with Gasteiger partial charge in [0.15, 0.2) is 5.69 Å². The van der Waals surface area contributed by atoms with E-state index in [9.17, 15) is 4.79 Å². The Bertz CT molecular complexity index is 1130. The Morgan fingerprint density at radius 2 is 2.09 bits per heavy atom. The third-order valence-electron chi connectivity index (χ3n) is 6.30. The van der Waals surface area contributed by atoms with E-state index in [4.69, 9.17) is 14.4 Å². The zero-order valence-electron chi connectivity index (χ0n) is 19.7. The van der Waals surface area contributed by atoms with Gasteiger partial charge >= 0.3 is 5.97 Å². The SMILES string of the molecule is CCOC(=O)CCc1ccc(-c2noc(-c3nn(CC)c4c3CCC(C)(C)C4)n2)cc1C. The molecule has 170 valence electrons. The largest absolute Gasteiger partial charge is 0.466 e. The lowest BCUT2D eigenvalue weighted by Gasteiger charge is -2.30. The molecule has 0 amide bonds. The summed E-state index contributed by atoms with van der Waals surface area (Å²) in [5, 5.41) is 9.05. The second-order valence-electron chi connectivity index (χ2n) is 9.30. The minimum atomic E-state index is -0.169. The molecule has 7 heteroatoms. The van der Waals surface area contributed by atoms with Gasteiger partial charge in [-0.15, -0.1) is 0 Å². The summed E-state index contributed by atoms with van der Waals surface area (Å²) < 4.78 is 12.8. The van der Waals surface area contributed by atoms with Crippen molar-refractivity contribution in [3.63, 3.8) is 0 Å². The molecule has 1 aromatic carbocycles. The molecule has 1 aliphatic rings. The van der Waals surface area contributed by atoms with Crippen LogP contribution < -0.4 is 0 Å². The Kier molecular flexibility index (Phi) is 6.17. The molecular weight excluding hydrogens is 404 g/mol. The molecule has 2 aromatic heterocycles. The van der Waals surface area contributed by atoms with Gasteiger partial charge in [0.25, 0.3) is 5.89 Å². The number of fused-ring (bicyclic) bond motifs is 1. The van der Waals surface area contributed by atoms with Crippen LogP contribution in [0.15, 0.2) is 22.7 Å². The Morgan fingerprint density at radius 1 is 1.28 bits per heavy atom. The number of ether oxygens (including phenoxy) is 1. The summed E-state index contributed by atoms with van der Waals surface area (Å²) in [5.74, 6) is 0.861. The van der Waals surface area contributed by atoms with E-state index in [1.165, 1.54) is 11.3 Å². The second kappa shape index (κ2) is 8.88. The number of aryl methyl sites for hydroxylation is 3. The highest BCUT2D eigenvalue weighted by molar-refractivity contribution is 5.70. The van der Waals surface area contributed by atoms with E-state index in [0.29, 0.717) is 31.2 Å². The van der Waals surface area contributed by atoms with Crippen LogP contribution in [-0.2, 0) is 35.3 Å². The van der Waals surface area contributed by atoms with Crippen LogP contribution in [-0.4, -0.2) is 32.5 Å². The van der Waals surface area contributed by atoms with Crippen LogP contribution in [0.2, 0.25) is 0 Å². The first-order valence-electron chi connectivity index (χ1n) is 11.5. The Hall–Kier alpha value is -2.96. The van der Waals surface area contributed by atoms with Crippen molar-refractivity contribution in [2.45, 2.75) is 73.3 Å². The molecule has 3 aromatic rings. The molecule has 0 atom stereocenters. The summed E-state index contributed by atoms with van der Waals surface area (Å²) in [7, 11) is 0. The van der Waals surface area contributed by atoms with E-state index in [-0.39, 0.29) is 11.4 Å². The van der Waals surface area contributed by atoms with Gasteiger partial charge in [-0.05, 0) is 69.1 Å². The van der Waals surface area contributed by atoms with Crippen LogP contribution in [0.1, 0.15) is 62.9 Å². The number of esters is 1. The lowest BCUT2D eigenvalue weighted by Crippen LogP contribution is -2.24. The number of hydrogen-bond acceptors (Lipinski definition) is 6. The van der Waals surface area contributed by atoms with E-state index in [1.54, 1.807) is 0 Å². The van der Waals surface area contributed by atoms with Gasteiger partial charge in [-0.25, -0.2) is 0 Å². The molecule has 0 aliphatic heterocycles. The van der Waals surface area contributed by atoms with E-state index in [1.807, 2.05) is 32.0 Å². The maximum Gasteiger partial charge on any atom is 0.306 e. The van der Waals surface area contributed by atoms with Crippen LogP contribution in [0.25, 0.3) is 23.0 Å². The monoisotopic (exact) mass is 436 g/mol. The third kappa shape index (κ3) is 4.47. The number of carbonyl (C=O) groups is 1. The maximum absolute atomic E-state index is 11.7. The minimum Gasteiger partial charge on any atom is -0.466 e. The van der Waals surface area contributed by atoms with Crippen molar-refractivity contribution in [1.29, 1.82) is 0 Å². The highest BCUT2D eigenvalue weighted by Crippen LogP contribution is 2.39. The minimum absolute atomic E-state index is 0.169. The van der Waals surface area contributed by atoms with Gasteiger partial charge in [0.2, 0.25) is 5.82 Å². The number of aromatic nitrogens is 4. The molecule has 0 bridgehead atoms. The van der Waals surface area contributed by atoms with E-state index >= 15 is 0 Å². The standard InChI is InChI=1S/C25H32N4O3/c1-6-29-20-15-25(4,5)13-12-19(20)22(27-29)24-26-23(28-32-24)18-9-8-17(16(3)14-18)10-11-21(30)31-7-2/h8-9,14H,6-7,10-13,15H2,1-5H3. The number of benzene rings is 1. The summed E-state index contributed by atoms with van der Waals surface area (Å²) in [5.41, 5.74) is 6.73. The molecule has 0 radical (unpaired) electrons. The van der Waals surface area contributed by atoms with Crippen LogP contribution in [0, 0.1) is 12.3 Å². The Morgan fingerprint density at radius 3 is 2.81 bits per heavy atom. The van der Waals surface area contributed by atoms with Crippen molar-refractivity contribution in [2.75, 3.05) is 6.61 Å². The van der Waals surface area contributed by atoms with Crippen LogP contribution in [0.4, 0.5) is 0 Å². The molecule has 0 spiro atoms. The van der Waals surface area contributed by atoms with Crippen molar-refractivity contribution in [1.82, 2.24) is 19.9 Å². The lowest BCUT2D eigenvalue weighted by molar-refractivity contribution is -0.143. The van der Waals surface area contributed by atoms with Crippen LogP contribution in [0.3, 0.4) is 0 Å². The summed E-state index contributed by atoms with van der Waals surface area (Å²) >= 11 is 0. The number of carbonyl (C=O) groups excluding carboxylic acids is 1. The molecule has 1 aliphatic carbocycles. The molecule has 0 fully saturated rings. The topological polar surface area (TPSA) is 83.0 Å². The average Bonchev–Trinajstić information content (AvgIpc) is 3.36. The summed E-state index contributed by atoms with van der Waals surface area (Å²) in [4.78, 5) is 16.3. The summed E-state index contributed by atoms with van der Waals surface area (Å²) in [6, 6.07) is 6.04. The fourth-order valence-electron chi connectivity index (χ4n) is 4.46. The molecule has 0 saturated carbocycles. The third-order valence-corrected chi connectivity index (χ3v) is 6.30. The molecule has 0 unspecified atom stereocenters. The van der Waals surface area contributed by atoms with Crippen molar-refractivity contribution in [3.05, 3.63) is 40.6 Å². The Labute approximate surface area is 189 Å². The van der Waals surface area contributed by atoms with Crippen molar-refractivity contribution < 1.29 is 14.1 Å². The Balaban J connectivity index is 1.57. The number of rotatable bonds is 7.